The number of anilines is 6. The molecule has 7 aromatic carbocycles. The van der Waals surface area contributed by atoms with Crippen LogP contribution in [0.25, 0.3) is 22.3 Å². The van der Waals surface area contributed by atoms with E-state index in [1.54, 1.807) is 22.3 Å². The summed E-state index contributed by atoms with van der Waals surface area (Å²) in [6.45, 7) is 0.110. The zero-order valence-corrected chi connectivity index (χ0v) is 33.4. The predicted molar refractivity (Wildman–Crippen MR) is 244 cm³/mol. The first kappa shape index (κ1) is 32.1. The summed E-state index contributed by atoms with van der Waals surface area (Å²) in [5.74, 6) is 2.86. The molecule has 2 spiro atoms. The molecule has 8 aliphatic rings. The van der Waals surface area contributed by atoms with Gasteiger partial charge in [0, 0.05) is 50.4 Å². The van der Waals surface area contributed by atoms with Crippen molar-refractivity contribution in [3.8, 4) is 22.3 Å². The first-order valence-corrected chi connectivity index (χ1v) is 22.7. The Balaban J connectivity index is 1.09. The van der Waals surface area contributed by atoms with Gasteiger partial charge < -0.3 is 9.80 Å². The SMILES string of the molecule is c1ccc(N2c3ccccc3B3c4ccc5c(c4N(c4cccc6c4-c4ccccc4C64C6CCC4CC6)c4cccc2c43)-c2ccccc2C52C3CCC2CC3)cc1. The van der Waals surface area contributed by atoms with E-state index in [0.717, 1.165) is 11.8 Å². The summed E-state index contributed by atoms with van der Waals surface area (Å²) in [6, 6.07) is 59.6. The van der Waals surface area contributed by atoms with Gasteiger partial charge in [-0.15, -0.1) is 0 Å². The molecular formula is C56H45BN2. The largest absolute Gasteiger partial charge is 0.311 e. The summed E-state index contributed by atoms with van der Waals surface area (Å²) in [4.78, 5) is 5.36. The molecule has 4 fully saturated rings. The van der Waals surface area contributed by atoms with E-state index in [1.165, 1.54) is 124 Å². The standard InChI is InChI=1S/C56H45BN2/c1-2-12-38(13-3-1)58-47-20-9-8-19-45(47)57-46-33-32-44-52(40-15-5-7-17-42(40)56(44)36-28-29-37(56)31-30-36)54(46)59(50-23-11-22-49(58)53(50)57)48-21-10-18-43-51(48)39-14-4-6-16-41(39)55(43)34-24-25-35(55)27-26-34/h1-23,32-37H,24-31H2. The van der Waals surface area contributed by atoms with Crippen LogP contribution < -0.4 is 26.2 Å². The van der Waals surface area contributed by atoms with Crippen molar-refractivity contribution in [3.05, 3.63) is 174 Å². The molecule has 0 atom stereocenters. The maximum atomic E-state index is 2.82. The molecule has 59 heavy (non-hydrogen) atoms. The minimum absolute atomic E-state index is 0.110. The number of hydrogen-bond acceptors (Lipinski definition) is 2. The van der Waals surface area contributed by atoms with Crippen LogP contribution in [0.2, 0.25) is 0 Å². The molecule has 2 heterocycles. The van der Waals surface area contributed by atoms with Crippen molar-refractivity contribution in [3.63, 3.8) is 0 Å². The molecule has 4 saturated carbocycles. The molecule has 3 heteroatoms. The van der Waals surface area contributed by atoms with E-state index in [2.05, 4.69) is 161 Å². The average molecular weight is 757 g/mol. The Morgan fingerprint density at radius 1 is 0.373 bits per heavy atom. The van der Waals surface area contributed by atoms with E-state index in [9.17, 15) is 0 Å². The normalized spacial score (nSPS) is 27.5. The van der Waals surface area contributed by atoms with E-state index >= 15 is 0 Å². The Morgan fingerprint density at radius 2 is 0.864 bits per heavy atom. The molecule has 6 aliphatic carbocycles. The summed E-state index contributed by atoms with van der Waals surface area (Å²) < 4.78 is 0. The van der Waals surface area contributed by atoms with Gasteiger partial charge in [-0.2, -0.15) is 0 Å². The summed E-state index contributed by atoms with van der Waals surface area (Å²) in [7, 11) is 0. The quantitative estimate of drug-likeness (QED) is 0.162. The van der Waals surface area contributed by atoms with Crippen molar-refractivity contribution in [2.45, 2.75) is 62.2 Å². The smallest absolute Gasteiger partial charge is 0.252 e. The number of hydrogen-bond donors (Lipinski definition) is 0. The van der Waals surface area contributed by atoms with Crippen molar-refractivity contribution >= 4 is 57.2 Å². The lowest BCUT2D eigenvalue weighted by atomic mass is 9.33. The van der Waals surface area contributed by atoms with Gasteiger partial charge in [-0.3, -0.25) is 0 Å². The second-order valence-corrected chi connectivity index (χ2v) is 19.3. The third-order valence-electron chi connectivity index (χ3n) is 17.6. The monoisotopic (exact) mass is 756 g/mol. The van der Waals surface area contributed by atoms with Gasteiger partial charge in [0.1, 0.15) is 0 Å². The molecule has 0 unspecified atom stereocenters. The lowest BCUT2D eigenvalue weighted by Crippen LogP contribution is -2.61. The molecule has 4 bridgehead atoms. The molecule has 0 aromatic heterocycles. The highest BCUT2D eigenvalue weighted by atomic mass is 15.2. The minimum atomic E-state index is 0.110. The molecule has 0 saturated heterocycles. The highest BCUT2D eigenvalue weighted by Gasteiger charge is 2.62. The summed E-state index contributed by atoms with van der Waals surface area (Å²) in [6.07, 6.45) is 10.8. The lowest BCUT2D eigenvalue weighted by Gasteiger charge is -2.45. The zero-order chi connectivity index (χ0) is 38.2. The topological polar surface area (TPSA) is 6.48 Å². The van der Waals surface area contributed by atoms with Gasteiger partial charge in [0.25, 0.3) is 6.71 Å². The Hall–Kier alpha value is -5.80. The van der Waals surface area contributed by atoms with E-state index < -0.39 is 0 Å². The van der Waals surface area contributed by atoms with Gasteiger partial charge in [0.05, 0.1) is 5.69 Å². The lowest BCUT2D eigenvalue weighted by molar-refractivity contribution is 0.400. The second kappa shape index (κ2) is 11.1. The Bertz CT molecular complexity index is 2940. The van der Waals surface area contributed by atoms with Crippen LogP contribution in [0.4, 0.5) is 34.1 Å². The van der Waals surface area contributed by atoms with Gasteiger partial charge in [-0.1, -0.05) is 115 Å². The minimum Gasteiger partial charge on any atom is -0.311 e. The van der Waals surface area contributed by atoms with Gasteiger partial charge in [0.2, 0.25) is 0 Å². The number of para-hydroxylation sites is 2. The molecule has 7 aromatic rings. The fourth-order valence-corrected chi connectivity index (χ4v) is 15.9. The number of benzene rings is 7. The second-order valence-electron chi connectivity index (χ2n) is 19.3. The van der Waals surface area contributed by atoms with Gasteiger partial charge in [-0.05, 0) is 161 Å². The Kier molecular flexibility index (Phi) is 6.02. The average Bonchev–Trinajstić information content (AvgIpc) is 4.15. The summed E-state index contributed by atoms with van der Waals surface area (Å²) >= 11 is 0. The van der Waals surface area contributed by atoms with Crippen molar-refractivity contribution in [1.29, 1.82) is 0 Å². The highest BCUT2D eigenvalue weighted by molar-refractivity contribution is 7.00. The third kappa shape index (κ3) is 3.56. The molecule has 0 amide bonds. The van der Waals surface area contributed by atoms with Crippen molar-refractivity contribution < 1.29 is 0 Å². The van der Waals surface area contributed by atoms with E-state index in [-0.39, 0.29) is 17.5 Å². The van der Waals surface area contributed by atoms with Crippen molar-refractivity contribution in [1.82, 2.24) is 0 Å². The molecule has 2 aliphatic heterocycles. The molecular weight excluding hydrogens is 711 g/mol. The first-order chi connectivity index (χ1) is 29.3. The first-order valence-electron chi connectivity index (χ1n) is 22.7. The van der Waals surface area contributed by atoms with Crippen LogP contribution in [-0.2, 0) is 10.8 Å². The van der Waals surface area contributed by atoms with E-state index in [1.807, 2.05) is 0 Å². The van der Waals surface area contributed by atoms with Crippen LogP contribution in [0.1, 0.15) is 73.6 Å². The van der Waals surface area contributed by atoms with Gasteiger partial charge in [-0.25, -0.2) is 0 Å². The molecule has 2 nitrogen and oxygen atoms in total. The Morgan fingerprint density at radius 3 is 1.54 bits per heavy atom. The van der Waals surface area contributed by atoms with Crippen LogP contribution in [0.15, 0.2) is 152 Å². The van der Waals surface area contributed by atoms with Gasteiger partial charge in [0.15, 0.2) is 0 Å². The number of nitrogens with zero attached hydrogens (tertiary/aromatic N) is 2. The predicted octanol–water partition coefficient (Wildman–Crippen LogP) is 11.9. The van der Waals surface area contributed by atoms with Gasteiger partial charge >= 0.3 is 0 Å². The van der Waals surface area contributed by atoms with Crippen LogP contribution in [0.3, 0.4) is 0 Å². The zero-order valence-electron chi connectivity index (χ0n) is 33.4. The summed E-state index contributed by atoms with van der Waals surface area (Å²) in [5, 5.41) is 0. The molecule has 0 radical (unpaired) electrons. The van der Waals surface area contributed by atoms with E-state index in [0.29, 0.717) is 11.8 Å². The van der Waals surface area contributed by atoms with Crippen molar-refractivity contribution in [2.75, 3.05) is 9.80 Å². The third-order valence-corrected chi connectivity index (χ3v) is 17.6. The van der Waals surface area contributed by atoms with Crippen LogP contribution in [0, 0.1) is 23.7 Å². The van der Waals surface area contributed by atoms with E-state index in [4.69, 9.17) is 0 Å². The van der Waals surface area contributed by atoms with Crippen molar-refractivity contribution in [2.24, 2.45) is 23.7 Å². The fourth-order valence-electron chi connectivity index (χ4n) is 15.9. The van der Waals surface area contributed by atoms with Crippen LogP contribution in [0.5, 0.6) is 0 Å². The van der Waals surface area contributed by atoms with Crippen LogP contribution >= 0.6 is 0 Å². The summed E-state index contributed by atoms with van der Waals surface area (Å²) in [5.41, 5.74) is 24.8. The molecule has 0 N–H and O–H groups in total. The highest BCUT2D eigenvalue weighted by Crippen LogP contribution is 2.71. The fraction of sp³-hybridized carbons (Fsp3) is 0.250. The Labute approximate surface area is 347 Å². The molecule has 15 rings (SSSR count). The number of fused-ring (bicyclic) bond motifs is 11. The van der Waals surface area contributed by atoms with Crippen LogP contribution in [-0.4, -0.2) is 6.71 Å². The maximum absolute atomic E-state index is 2.82. The molecule has 282 valence electrons. The number of rotatable bonds is 2. The maximum Gasteiger partial charge on any atom is 0.252 e.